The summed E-state index contributed by atoms with van der Waals surface area (Å²) in [5.41, 5.74) is 6.01. The molecule has 6 heteroatoms. The van der Waals surface area contributed by atoms with Crippen molar-refractivity contribution in [3.8, 4) is 0 Å². The molecule has 0 bridgehead atoms. The maximum atomic E-state index is 12.3. The summed E-state index contributed by atoms with van der Waals surface area (Å²) in [4.78, 5) is 14.7. The van der Waals surface area contributed by atoms with Crippen LogP contribution in [0.4, 0.5) is 0 Å². The molecule has 0 aliphatic rings. The second kappa shape index (κ2) is 6.66. The Morgan fingerprint density at radius 2 is 2.06 bits per heavy atom. The van der Waals surface area contributed by atoms with Crippen LogP contribution in [0.25, 0.3) is 0 Å². The van der Waals surface area contributed by atoms with Gasteiger partial charge in [-0.15, -0.1) is 11.8 Å². The van der Waals surface area contributed by atoms with Crippen LogP contribution in [0.2, 0.25) is 10.0 Å². The van der Waals surface area contributed by atoms with Crippen molar-refractivity contribution >= 4 is 40.9 Å². The first-order chi connectivity index (χ1) is 8.42. The Hall–Kier alpha value is -0.420. The maximum Gasteiger partial charge on any atom is 0.255 e. The molecule has 0 aliphatic heterocycles. The molecule has 0 spiro atoms. The summed E-state index contributed by atoms with van der Waals surface area (Å²) in [7, 11) is 1.71. The number of hydrogen-bond donors (Lipinski definition) is 1. The zero-order valence-corrected chi connectivity index (χ0v) is 12.9. The first-order valence-corrected chi connectivity index (χ1v) is 7.40. The average molecular weight is 307 g/mol. The van der Waals surface area contributed by atoms with Crippen molar-refractivity contribution in [2.75, 3.05) is 19.8 Å². The van der Waals surface area contributed by atoms with Crippen LogP contribution in [0.3, 0.4) is 0 Å². The van der Waals surface area contributed by atoms with Gasteiger partial charge in [-0.1, -0.05) is 23.2 Å². The van der Waals surface area contributed by atoms with Crippen molar-refractivity contribution in [3.63, 3.8) is 0 Å². The molecule has 0 fully saturated rings. The largest absolute Gasteiger partial charge is 0.338 e. The van der Waals surface area contributed by atoms with Gasteiger partial charge in [0.1, 0.15) is 0 Å². The Kier molecular flexibility index (Phi) is 5.79. The molecule has 2 N–H and O–H groups in total. The molecule has 0 saturated heterocycles. The molecule has 1 atom stereocenters. The highest BCUT2D eigenvalue weighted by Gasteiger charge is 2.20. The summed E-state index contributed by atoms with van der Waals surface area (Å²) in [6.45, 7) is 2.29. The molecular formula is C12H16Cl2N2OS. The Morgan fingerprint density at radius 1 is 1.44 bits per heavy atom. The second-order valence-corrected chi connectivity index (χ2v) is 5.63. The topological polar surface area (TPSA) is 46.3 Å². The summed E-state index contributed by atoms with van der Waals surface area (Å²) in [6, 6.07) is 3.28. The van der Waals surface area contributed by atoms with E-state index in [4.69, 9.17) is 28.9 Å². The second-order valence-electron chi connectivity index (χ2n) is 3.97. The third-order valence-corrected chi connectivity index (χ3v) is 4.31. The number of carbonyl (C=O) groups is 1. The van der Waals surface area contributed by atoms with Crippen LogP contribution >= 0.6 is 35.0 Å². The molecule has 3 nitrogen and oxygen atoms in total. The highest BCUT2D eigenvalue weighted by molar-refractivity contribution is 7.98. The summed E-state index contributed by atoms with van der Waals surface area (Å²) in [5.74, 6) is -0.148. The molecule has 1 aromatic rings. The van der Waals surface area contributed by atoms with Gasteiger partial charge in [-0.2, -0.15) is 0 Å². The van der Waals surface area contributed by atoms with Crippen molar-refractivity contribution in [1.29, 1.82) is 0 Å². The van der Waals surface area contributed by atoms with Crippen molar-refractivity contribution in [3.05, 3.63) is 27.7 Å². The molecule has 18 heavy (non-hydrogen) atoms. The van der Waals surface area contributed by atoms with Gasteiger partial charge in [0.15, 0.2) is 0 Å². The molecule has 1 rings (SSSR count). The predicted molar refractivity (Wildman–Crippen MR) is 78.9 cm³/mol. The quantitative estimate of drug-likeness (QED) is 0.869. The molecule has 0 saturated carbocycles. The number of benzene rings is 1. The lowest BCUT2D eigenvalue weighted by Crippen LogP contribution is -2.39. The Bertz CT molecular complexity index is 454. The van der Waals surface area contributed by atoms with E-state index >= 15 is 0 Å². The monoisotopic (exact) mass is 306 g/mol. The van der Waals surface area contributed by atoms with Gasteiger partial charge in [-0.05, 0) is 25.3 Å². The fourth-order valence-corrected chi connectivity index (χ4v) is 2.58. The van der Waals surface area contributed by atoms with Gasteiger partial charge >= 0.3 is 0 Å². The summed E-state index contributed by atoms with van der Waals surface area (Å²) >= 11 is 13.6. The van der Waals surface area contributed by atoms with Crippen LogP contribution < -0.4 is 5.73 Å². The number of likely N-dealkylation sites (N-methyl/N-ethyl adjacent to an activating group) is 1. The number of amides is 1. The van der Waals surface area contributed by atoms with Crippen LogP contribution in [-0.2, 0) is 0 Å². The average Bonchev–Trinajstić information content (AvgIpc) is 2.36. The minimum atomic E-state index is -0.148. The van der Waals surface area contributed by atoms with Gasteiger partial charge in [0.2, 0.25) is 0 Å². The van der Waals surface area contributed by atoms with Crippen molar-refractivity contribution in [2.24, 2.45) is 5.73 Å². The number of rotatable bonds is 4. The molecule has 1 aromatic carbocycles. The highest BCUT2D eigenvalue weighted by atomic mass is 35.5. The lowest BCUT2D eigenvalue weighted by atomic mass is 10.1. The third kappa shape index (κ3) is 3.32. The van der Waals surface area contributed by atoms with Crippen LogP contribution in [0.1, 0.15) is 17.3 Å². The molecule has 1 amide bonds. The molecular weight excluding hydrogens is 291 g/mol. The van der Waals surface area contributed by atoms with Gasteiger partial charge in [0, 0.05) is 24.5 Å². The van der Waals surface area contributed by atoms with Gasteiger partial charge in [-0.25, -0.2) is 0 Å². The maximum absolute atomic E-state index is 12.3. The van der Waals surface area contributed by atoms with Gasteiger partial charge in [-0.3, -0.25) is 4.79 Å². The number of hydrogen-bond acceptors (Lipinski definition) is 3. The first kappa shape index (κ1) is 15.6. The van der Waals surface area contributed by atoms with Crippen LogP contribution in [-0.4, -0.2) is 36.7 Å². The molecule has 100 valence electrons. The zero-order chi connectivity index (χ0) is 13.9. The van der Waals surface area contributed by atoms with E-state index in [1.54, 1.807) is 24.1 Å². The number of halogens is 2. The van der Waals surface area contributed by atoms with E-state index in [2.05, 4.69) is 0 Å². The molecule has 0 radical (unpaired) electrons. The van der Waals surface area contributed by atoms with E-state index in [9.17, 15) is 4.79 Å². The fourth-order valence-electron chi connectivity index (χ4n) is 1.40. The predicted octanol–water partition coefficient (Wildman–Crippen LogP) is 3.13. The SMILES string of the molecule is CSc1cc(C(=O)N(C)C(C)CN)c(Cl)cc1Cl. The fraction of sp³-hybridized carbons (Fsp3) is 0.417. The first-order valence-electron chi connectivity index (χ1n) is 5.42. The van der Waals surface area contributed by atoms with Gasteiger partial charge in [0.05, 0.1) is 15.6 Å². The summed E-state index contributed by atoms with van der Waals surface area (Å²) < 4.78 is 0. The van der Waals surface area contributed by atoms with E-state index < -0.39 is 0 Å². The zero-order valence-electron chi connectivity index (χ0n) is 10.5. The smallest absolute Gasteiger partial charge is 0.255 e. The molecule has 0 heterocycles. The van der Waals surface area contributed by atoms with Crippen LogP contribution in [0.15, 0.2) is 17.0 Å². The lowest BCUT2D eigenvalue weighted by Gasteiger charge is -2.24. The molecule has 0 aromatic heterocycles. The highest BCUT2D eigenvalue weighted by Crippen LogP contribution is 2.31. The number of thioether (sulfide) groups is 1. The van der Waals surface area contributed by atoms with E-state index in [1.807, 2.05) is 13.2 Å². The number of nitrogens with zero attached hydrogens (tertiary/aromatic N) is 1. The Morgan fingerprint density at radius 3 is 2.56 bits per heavy atom. The van der Waals surface area contributed by atoms with Crippen molar-refractivity contribution in [2.45, 2.75) is 17.9 Å². The minimum absolute atomic E-state index is 0.0398. The van der Waals surface area contributed by atoms with Crippen LogP contribution in [0.5, 0.6) is 0 Å². The van der Waals surface area contributed by atoms with E-state index in [0.29, 0.717) is 22.2 Å². The van der Waals surface area contributed by atoms with E-state index in [1.165, 1.54) is 11.8 Å². The Balaban J connectivity index is 3.13. The minimum Gasteiger partial charge on any atom is -0.338 e. The summed E-state index contributed by atoms with van der Waals surface area (Å²) in [5, 5.41) is 0.914. The van der Waals surface area contributed by atoms with Crippen molar-refractivity contribution < 1.29 is 4.79 Å². The standard InChI is InChI=1S/C12H16Cl2N2OS/c1-7(6-15)16(2)12(17)8-4-11(18-3)10(14)5-9(8)13/h4-5,7H,6,15H2,1-3H3. The van der Waals surface area contributed by atoms with Crippen LogP contribution in [0, 0.1) is 0 Å². The van der Waals surface area contributed by atoms with E-state index in [-0.39, 0.29) is 11.9 Å². The lowest BCUT2D eigenvalue weighted by molar-refractivity contribution is 0.0748. The van der Waals surface area contributed by atoms with Gasteiger partial charge < -0.3 is 10.6 Å². The summed E-state index contributed by atoms with van der Waals surface area (Å²) in [6.07, 6.45) is 1.90. The van der Waals surface area contributed by atoms with Gasteiger partial charge in [0.25, 0.3) is 5.91 Å². The Labute approximate surface area is 122 Å². The van der Waals surface area contributed by atoms with E-state index in [0.717, 1.165) is 4.90 Å². The number of carbonyl (C=O) groups excluding carboxylic acids is 1. The third-order valence-electron chi connectivity index (χ3n) is 2.79. The van der Waals surface area contributed by atoms with Crippen molar-refractivity contribution in [1.82, 2.24) is 4.90 Å². The molecule has 1 unspecified atom stereocenters. The molecule has 0 aliphatic carbocycles. The number of nitrogens with two attached hydrogens (primary N) is 1. The normalized spacial score (nSPS) is 12.3.